The summed E-state index contributed by atoms with van der Waals surface area (Å²) in [4.78, 5) is 17.8. The average molecular weight is 408 g/mol. The minimum atomic E-state index is -0.571. The number of nitriles is 1. The number of aryl methyl sites for hydroxylation is 2. The van der Waals surface area contributed by atoms with Crippen molar-refractivity contribution in [3.8, 4) is 23.1 Å². The third-order valence-electron chi connectivity index (χ3n) is 6.07. The fraction of sp³-hybridized carbons (Fsp3) is 0.125. The molecule has 3 heterocycles. The van der Waals surface area contributed by atoms with E-state index in [1.807, 2.05) is 42.5 Å². The van der Waals surface area contributed by atoms with Gasteiger partial charge in [0.25, 0.3) is 0 Å². The lowest BCUT2D eigenvalue weighted by molar-refractivity contribution is 0.414. The third-order valence-corrected chi connectivity index (χ3v) is 6.07. The van der Waals surface area contributed by atoms with Gasteiger partial charge in [-0.15, -0.1) is 0 Å². The molecule has 6 rings (SSSR count). The fourth-order valence-corrected chi connectivity index (χ4v) is 4.68. The van der Waals surface area contributed by atoms with E-state index >= 15 is 0 Å². The van der Waals surface area contributed by atoms with Crippen LogP contribution < -0.4 is 16.1 Å². The van der Waals surface area contributed by atoms with Crippen LogP contribution in [0.3, 0.4) is 0 Å². The van der Waals surface area contributed by atoms with E-state index in [1.165, 1.54) is 0 Å². The number of methoxy groups -OCH3 is 1. The number of hydrogen-bond donors (Lipinski definition) is 1. The standard InChI is InChI=1S/C24H16N4O3/c1-30-13-8-6-12-7-9-14-19-16(11-25)23-27-17-4-2-3-5-18(17)28(23)22(26)20(19)24(29)31-21(14)15(12)10-13/h2-6,8,10H,7,9,26H2,1H3. The van der Waals surface area contributed by atoms with Crippen LogP contribution >= 0.6 is 0 Å². The maximum Gasteiger partial charge on any atom is 0.347 e. The molecule has 1 aliphatic rings. The molecule has 2 N–H and O–H groups in total. The molecule has 0 fully saturated rings. The Bertz CT molecular complexity index is 1670. The van der Waals surface area contributed by atoms with E-state index < -0.39 is 5.63 Å². The summed E-state index contributed by atoms with van der Waals surface area (Å²) in [5, 5.41) is 10.9. The number of imidazole rings is 1. The maximum absolute atomic E-state index is 13.2. The molecule has 2 aromatic carbocycles. The van der Waals surface area contributed by atoms with Crippen molar-refractivity contribution in [3.05, 3.63) is 69.6 Å². The van der Waals surface area contributed by atoms with E-state index in [9.17, 15) is 10.1 Å². The summed E-state index contributed by atoms with van der Waals surface area (Å²) in [5.41, 5.74) is 10.8. The first kappa shape index (κ1) is 17.5. The number of para-hydroxylation sites is 2. The average Bonchev–Trinajstić information content (AvgIpc) is 3.18. The first-order valence-electron chi connectivity index (χ1n) is 9.88. The number of rotatable bonds is 1. The van der Waals surface area contributed by atoms with Crippen LogP contribution in [0.2, 0.25) is 0 Å². The highest BCUT2D eigenvalue weighted by atomic mass is 16.5. The highest BCUT2D eigenvalue weighted by molar-refractivity contribution is 6.05. The number of benzene rings is 2. The monoisotopic (exact) mass is 408 g/mol. The Kier molecular flexibility index (Phi) is 3.45. The Morgan fingerprint density at radius 3 is 2.84 bits per heavy atom. The molecule has 0 bridgehead atoms. The van der Waals surface area contributed by atoms with E-state index in [0.29, 0.717) is 40.0 Å². The van der Waals surface area contributed by atoms with Gasteiger partial charge in [0.2, 0.25) is 0 Å². The molecule has 3 aromatic heterocycles. The summed E-state index contributed by atoms with van der Waals surface area (Å²) in [6.07, 6.45) is 1.38. The normalized spacial score (nSPS) is 12.6. The number of anilines is 1. The van der Waals surface area contributed by atoms with Gasteiger partial charge in [0.15, 0.2) is 5.65 Å². The van der Waals surface area contributed by atoms with Crippen LogP contribution in [0.5, 0.6) is 5.75 Å². The molecular formula is C24H16N4O3. The Hall–Kier alpha value is -4.31. The Balaban J connectivity index is 1.84. The van der Waals surface area contributed by atoms with Crippen molar-refractivity contribution in [1.82, 2.24) is 9.38 Å². The van der Waals surface area contributed by atoms with Gasteiger partial charge in [0.05, 0.1) is 18.1 Å². The topological polar surface area (TPSA) is 107 Å². The summed E-state index contributed by atoms with van der Waals surface area (Å²) in [5.74, 6) is 1.36. The lowest BCUT2D eigenvalue weighted by atomic mass is 9.86. The van der Waals surface area contributed by atoms with Gasteiger partial charge < -0.3 is 14.9 Å². The quantitative estimate of drug-likeness (QED) is 0.452. The van der Waals surface area contributed by atoms with Crippen LogP contribution in [0.4, 0.5) is 5.82 Å². The number of pyridine rings is 1. The molecule has 0 amide bonds. The van der Waals surface area contributed by atoms with E-state index in [-0.39, 0.29) is 11.2 Å². The molecule has 5 aromatic rings. The number of ether oxygens (including phenoxy) is 1. The van der Waals surface area contributed by atoms with E-state index in [4.69, 9.17) is 14.9 Å². The highest BCUT2D eigenvalue weighted by Crippen LogP contribution is 2.41. The predicted octanol–water partition coefficient (Wildman–Crippen LogP) is 3.82. The summed E-state index contributed by atoms with van der Waals surface area (Å²) in [7, 11) is 1.59. The number of fused-ring (bicyclic) bond motifs is 8. The Morgan fingerprint density at radius 1 is 1.19 bits per heavy atom. The van der Waals surface area contributed by atoms with Gasteiger partial charge in [0.1, 0.15) is 34.3 Å². The van der Waals surface area contributed by atoms with Gasteiger partial charge in [-0.3, -0.25) is 4.40 Å². The number of hydrogen-bond acceptors (Lipinski definition) is 6. The van der Waals surface area contributed by atoms with Crippen LogP contribution in [0, 0.1) is 11.3 Å². The Labute approximate surface area is 175 Å². The van der Waals surface area contributed by atoms with Crippen LogP contribution in [0.1, 0.15) is 16.7 Å². The molecule has 0 aliphatic heterocycles. The maximum atomic E-state index is 13.2. The fourth-order valence-electron chi connectivity index (χ4n) is 4.68. The second-order valence-corrected chi connectivity index (χ2v) is 7.60. The van der Waals surface area contributed by atoms with Crippen molar-refractivity contribution in [3.63, 3.8) is 0 Å². The van der Waals surface area contributed by atoms with Crippen molar-refractivity contribution in [2.45, 2.75) is 12.8 Å². The van der Waals surface area contributed by atoms with Crippen molar-refractivity contribution in [1.29, 1.82) is 5.26 Å². The van der Waals surface area contributed by atoms with Gasteiger partial charge in [-0.2, -0.15) is 5.26 Å². The third kappa shape index (κ3) is 2.21. The second-order valence-electron chi connectivity index (χ2n) is 7.60. The zero-order chi connectivity index (χ0) is 21.3. The summed E-state index contributed by atoms with van der Waals surface area (Å²) >= 11 is 0. The summed E-state index contributed by atoms with van der Waals surface area (Å²) < 4.78 is 12.9. The van der Waals surface area contributed by atoms with Crippen molar-refractivity contribution in [2.75, 3.05) is 12.8 Å². The molecule has 1 aliphatic carbocycles. The number of nitrogens with zero attached hydrogens (tertiary/aromatic N) is 3. The van der Waals surface area contributed by atoms with E-state index in [2.05, 4.69) is 11.1 Å². The van der Waals surface area contributed by atoms with Gasteiger partial charge in [0, 0.05) is 16.5 Å². The molecule has 7 nitrogen and oxygen atoms in total. The predicted molar refractivity (Wildman–Crippen MR) is 117 cm³/mol. The zero-order valence-electron chi connectivity index (χ0n) is 16.6. The zero-order valence-corrected chi connectivity index (χ0v) is 16.6. The molecule has 0 saturated heterocycles. The minimum Gasteiger partial charge on any atom is -0.497 e. The lowest BCUT2D eigenvalue weighted by Gasteiger charge is -2.21. The van der Waals surface area contributed by atoms with Crippen LogP contribution in [0.25, 0.3) is 38.8 Å². The molecule has 7 heteroatoms. The first-order valence-corrected chi connectivity index (χ1v) is 9.88. The van der Waals surface area contributed by atoms with Gasteiger partial charge in [-0.25, -0.2) is 9.78 Å². The molecule has 0 radical (unpaired) electrons. The molecular weight excluding hydrogens is 392 g/mol. The smallest absolute Gasteiger partial charge is 0.347 e. The second kappa shape index (κ2) is 6.09. The number of nitrogens with two attached hydrogens (primary N) is 1. The van der Waals surface area contributed by atoms with Crippen LogP contribution in [0.15, 0.2) is 51.7 Å². The van der Waals surface area contributed by atoms with Crippen molar-refractivity contribution < 1.29 is 9.15 Å². The van der Waals surface area contributed by atoms with E-state index in [1.54, 1.807) is 11.5 Å². The van der Waals surface area contributed by atoms with E-state index in [0.717, 1.165) is 28.6 Å². The van der Waals surface area contributed by atoms with Gasteiger partial charge >= 0.3 is 5.63 Å². The lowest BCUT2D eigenvalue weighted by Crippen LogP contribution is -2.15. The van der Waals surface area contributed by atoms with Gasteiger partial charge in [-0.05, 0) is 42.7 Å². The van der Waals surface area contributed by atoms with Crippen molar-refractivity contribution in [2.24, 2.45) is 0 Å². The molecule has 0 saturated carbocycles. The number of aromatic nitrogens is 2. The Morgan fingerprint density at radius 2 is 2.03 bits per heavy atom. The summed E-state index contributed by atoms with van der Waals surface area (Å²) in [6.45, 7) is 0. The number of nitrogen functional groups attached to an aromatic ring is 1. The SMILES string of the molecule is COc1ccc2c(c1)-c1oc(=O)c3c(N)n4c(nc5ccccc54)c(C#N)c3c1CC2. The highest BCUT2D eigenvalue weighted by Gasteiger charge is 2.28. The molecule has 150 valence electrons. The molecule has 0 unspecified atom stereocenters. The van der Waals surface area contributed by atoms with Crippen molar-refractivity contribution >= 4 is 33.3 Å². The van der Waals surface area contributed by atoms with Crippen LogP contribution in [-0.2, 0) is 12.8 Å². The molecule has 31 heavy (non-hydrogen) atoms. The largest absolute Gasteiger partial charge is 0.497 e. The van der Waals surface area contributed by atoms with Crippen LogP contribution in [-0.4, -0.2) is 16.5 Å². The minimum absolute atomic E-state index is 0.220. The molecule has 0 spiro atoms. The summed E-state index contributed by atoms with van der Waals surface area (Å²) in [6, 6.07) is 15.5. The molecule has 0 atom stereocenters. The first-order chi connectivity index (χ1) is 15.1. The van der Waals surface area contributed by atoms with Gasteiger partial charge in [-0.1, -0.05) is 18.2 Å².